The van der Waals surface area contributed by atoms with Crippen LogP contribution in [0.1, 0.15) is 72.3 Å². The smallest absolute Gasteiger partial charge is 0.252 e. The van der Waals surface area contributed by atoms with Crippen molar-refractivity contribution >= 4 is 33.3 Å². The Labute approximate surface area is 218 Å². The molecule has 1 N–H and O–H groups in total. The van der Waals surface area contributed by atoms with E-state index in [0.717, 1.165) is 48.2 Å². The predicted molar refractivity (Wildman–Crippen MR) is 147 cm³/mol. The minimum atomic E-state index is 0.0355. The molecule has 0 atom stereocenters. The monoisotopic (exact) mass is 503 g/mol. The lowest BCUT2D eigenvalue weighted by atomic mass is 9.84. The summed E-state index contributed by atoms with van der Waals surface area (Å²) in [7, 11) is 0. The van der Waals surface area contributed by atoms with E-state index in [1.54, 1.807) is 6.20 Å². The summed E-state index contributed by atoms with van der Waals surface area (Å²) in [4.78, 5) is 29.1. The van der Waals surface area contributed by atoms with Crippen LogP contribution in [0, 0.1) is 5.92 Å². The lowest BCUT2D eigenvalue weighted by Crippen LogP contribution is -2.38. The van der Waals surface area contributed by atoms with E-state index in [1.807, 2.05) is 41.7 Å². The van der Waals surface area contributed by atoms with Crippen LogP contribution in [0.25, 0.3) is 10.9 Å². The highest BCUT2D eigenvalue weighted by Crippen LogP contribution is 2.33. The first-order chi connectivity index (χ1) is 17.7. The molecule has 6 nitrogen and oxygen atoms in total. The number of nitrogens with zero attached hydrogens (tertiary/aromatic N) is 4. The first kappa shape index (κ1) is 23.9. The number of hydrogen-bond acceptors (Lipinski definition) is 6. The van der Waals surface area contributed by atoms with Crippen LogP contribution < -0.4 is 10.2 Å². The molecule has 2 aliphatic heterocycles. The van der Waals surface area contributed by atoms with Crippen LogP contribution in [0.2, 0.25) is 0 Å². The summed E-state index contributed by atoms with van der Waals surface area (Å²) in [6.45, 7) is 5.71. The molecule has 2 aromatic heterocycles. The zero-order valence-electron chi connectivity index (χ0n) is 21.1. The molecule has 1 saturated heterocycles. The van der Waals surface area contributed by atoms with Gasteiger partial charge >= 0.3 is 0 Å². The summed E-state index contributed by atoms with van der Waals surface area (Å²) in [6.07, 6.45) is 12.7. The van der Waals surface area contributed by atoms with Crippen molar-refractivity contribution in [3.8, 4) is 0 Å². The molecule has 0 bridgehead atoms. The Balaban J connectivity index is 0.963. The Morgan fingerprint density at radius 1 is 1.03 bits per heavy atom. The SMILES string of the molecule is O=C(N[C@H]1CC[C@H](CCN2CCc3sc(N4CCCCC4)nc3C2)CC1)c1cccc2ncccc12. The van der Waals surface area contributed by atoms with Gasteiger partial charge in [0.05, 0.1) is 11.2 Å². The fourth-order valence-electron chi connectivity index (χ4n) is 6.18. The van der Waals surface area contributed by atoms with E-state index in [4.69, 9.17) is 4.98 Å². The van der Waals surface area contributed by atoms with Crippen molar-refractivity contribution in [1.29, 1.82) is 0 Å². The van der Waals surface area contributed by atoms with Crippen molar-refractivity contribution in [2.45, 2.75) is 70.4 Å². The lowest BCUT2D eigenvalue weighted by Gasteiger charge is -2.32. The highest BCUT2D eigenvalue weighted by Gasteiger charge is 2.26. The highest BCUT2D eigenvalue weighted by molar-refractivity contribution is 7.15. The van der Waals surface area contributed by atoms with Crippen molar-refractivity contribution in [3.05, 3.63) is 52.7 Å². The van der Waals surface area contributed by atoms with E-state index in [-0.39, 0.29) is 11.9 Å². The molecular weight excluding hydrogens is 466 g/mol. The quantitative estimate of drug-likeness (QED) is 0.487. The summed E-state index contributed by atoms with van der Waals surface area (Å²) in [6, 6.07) is 9.95. The Bertz CT molecular complexity index is 1190. The van der Waals surface area contributed by atoms with E-state index in [1.165, 1.54) is 80.4 Å². The maximum absolute atomic E-state index is 13.0. The normalized spacial score (nSPS) is 22.9. The van der Waals surface area contributed by atoms with Gasteiger partial charge < -0.3 is 10.2 Å². The molecule has 1 aromatic carbocycles. The van der Waals surface area contributed by atoms with Crippen LogP contribution in [-0.2, 0) is 13.0 Å². The lowest BCUT2D eigenvalue weighted by molar-refractivity contribution is 0.0921. The van der Waals surface area contributed by atoms with Crippen LogP contribution in [0.15, 0.2) is 36.5 Å². The van der Waals surface area contributed by atoms with Crippen molar-refractivity contribution in [3.63, 3.8) is 0 Å². The Morgan fingerprint density at radius 3 is 2.75 bits per heavy atom. The second-order valence-electron chi connectivity index (χ2n) is 10.8. The van der Waals surface area contributed by atoms with Crippen LogP contribution in [0.5, 0.6) is 0 Å². The maximum atomic E-state index is 13.0. The molecule has 6 rings (SSSR count). The zero-order chi connectivity index (χ0) is 24.3. The molecule has 190 valence electrons. The van der Waals surface area contributed by atoms with E-state index >= 15 is 0 Å². The number of pyridine rings is 1. The molecule has 1 amide bonds. The van der Waals surface area contributed by atoms with Gasteiger partial charge in [0, 0.05) is 54.2 Å². The number of thiazole rings is 1. The molecule has 0 spiro atoms. The number of carbonyl (C=O) groups excluding carboxylic acids is 1. The Morgan fingerprint density at radius 2 is 1.89 bits per heavy atom. The van der Waals surface area contributed by atoms with Crippen LogP contribution in [0.4, 0.5) is 5.13 Å². The van der Waals surface area contributed by atoms with Gasteiger partial charge in [0.25, 0.3) is 5.91 Å². The third-order valence-electron chi connectivity index (χ3n) is 8.35. The molecule has 3 aromatic rings. The number of anilines is 1. The highest BCUT2D eigenvalue weighted by atomic mass is 32.1. The molecule has 0 unspecified atom stereocenters. The largest absolute Gasteiger partial charge is 0.349 e. The second-order valence-corrected chi connectivity index (χ2v) is 11.9. The van der Waals surface area contributed by atoms with E-state index in [9.17, 15) is 4.79 Å². The van der Waals surface area contributed by atoms with E-state index in [0.29, 0.717) is 0 Å². The molecule has 0 radical (unpaired) electrons. The molecule has 36 heavy (non-hydrogen) atoms. The topological polar surface area (TPSA) is 61.4 Å². The number of benzene rings is 1. The predicted octanol–water partition coefficient (Wildman–Crippen LogP) is 5.42. The molecule has 7 heteroatoms. The van der Waals surface area contributed by atoms with Gasteiger partial charge in [-0.2, -0.15) is 0 Å². The molecule has 4 heterocycles. The van der Waals surface area contributed by atoms with Gasteiger partial charge in [-0.05, 0) is 88.4 Å². The zero-order valence-corrected chi connectivity index (χ0v) is 21.9. The summed E-state index contributed by atoms with van der Waals surface area (Å²) < 4.78 is 0. The minimum absolute atomic E-state index is 0.0355. The standard InChI is InChI=1S/C29H37N5OS/c35-28(24-6-4-8-25-23(24)7-5-15-30-25)31-22-11-9-21(10-12-22)13-18-33-19-14-27-26(20-33)32-29(36-27)34-16-2-1-3-17-34/h4-8,15,21-22H,1-3,9-14,16-20H2,(H,31,35)/t21-,22-. The van der Waals surface area contributed by atoms with Gasteiger partial charge in [-0.15, -0.1) is 11.3 Å². The minimum Gasteiger partial charge on any atom is -0.349 e. The number of amides is 1. The molecule has 1 aliphatic carbocycles. The van der Waals surface area contributed by atoms with Crippen molar-refractivity contribution in [2.24, 2.45) is 5.92 Å². The maximum Gasteiger partial charge on any atom is 0.252 e. The molecular formula is C29H37N5OS. The average Bonchev–Trinajstić information content (AvgIpc) is 3.36. The van der Waals surface area contributed by atoms with Crippen molar-refractivity contribution in [1.82, 2.24) is 20.2 Å². The van der Waals surface area contributed by atoms with Gasteiger partial charge in [0.15, 0.2) is 5.13 Å². The summed E-state index contributed by atoms with van der Waals surface area (Å²) >= 11 is 1.94. The van der Waals surface area contributed by atoms with Crippen LogP contribution in [-0.4, -0.2) is 53.0 Å². The van der Waals surface area contributed by atoms with Crippen molar-refractivity contribution < 1.29 is 4.79 Å². The summed E-state index contributed by atoms with van der Waals surface area (Å²) in [5.74, 6) is 0.800. The first-order valence-corrected chi connectivity index (χ1v) is 14.6. The molecule has 2 fully saturated rings. The molecule has 1 saturated carbocycles. The van der Waals surface area contributed by atoms with Gasteiger partial charge in [-0.25, -0.2) is 4.98 Å². The van der Waals surface area contributed by atoms with Gasteiger partial charge in [0.1, 0.15) is 0 Å². The Kier molecular flexibility index (Phi) is 7.19. The van der Waals surface area contributed by atoms with E-state index in [2.05, 4.69) is 20.1 Å². The average molecular weight is 504 g/mol. The number of aromatic nitrogens is 2. The number of carbonyl (C=O) groups is 1. The fraction of sp³-hybridized carbons (Fsp3) is 0.552. The molecule has 3 aliphatic rings. The Hall–Kier alpha value is -2.51. The second kappa shape index (κ2) is 10.9. The third-order valence-corrected chi connectivity index (χ3v) is 9.57. The first-order valence-electron chi connectivity index (χ1n) is 13.8. The third kappa shape index (κ3) is 5.28. The summed E-state index contributed by atoms with van der Waals surface area (Å²) in [5, 5.41) is 5.50. The van der Waals surface area contributed by atoms with Crippen LogP contribution >= 0.6 is 11.3 Å². The van der Waals surface area contributed by atoms with E-state index < -0.39 is 0 Å². The van der Waals surface area contributed by atoms with Crippen molar-refractivity contribution in [2.75, 3.05) is 31.1 Å². The van der Waals surface area contributed by atoms with Gasteiger partial charge in [-0.3, -0.25) is 14.7 Å². The summed E-state index contributed by atoms with van der Waals surface area (Å²) in [5.41, 5.74) is 2.94. The number of rotatable bonds is 6. The van der Waals surface area contributed by atoms with Gasteiger partial charge in [0.2, 0.25) is 0 Å². The van der Waals surface area contributed by atoms with Crippen LogP contribution in [0.3, 0.4) is 0 Å². The number of piperidine rings is 1. The number of fused-ring (bicyclic) bond motifs is 2. The number of nitrogens with one attached hydrogen (secondary N) is 1. The van der Waals surface area contributed by atoms with Gasteiger partial charge in [-0.1, -0.05) is 12.1 Å². The number of hydrogen-bond donors (Lipinski definition) is 1. The fourth-order valence-corrected chi connectivity index (χ4v) is 7.28.